The Morgan fingerprint density at radius 1 is 1.00 bits per heavy atom. The van der Waals surface area contributed by atoms with E-state index in [-0.39, 0.29) is 6.61 Å². The molecule has 3 aromatic rings. The van der Waals surface area contributed by atoms with Crippen molar-refractivity contribution in [1.29, 1.82) is 0 Å². The zero-order valence-corrected chi connectivity index (χ0v) is 11.5. The van der Waals surface area contributed by atoms with Gasteiger partial charge in [-0.1, -0.05) is 24.3 Å². The molecule has 2 aromatic heterocycles. The number of nitrogens with zero attached hydrogens (tertiary/aromatic N) is 1. The summed E-state index contributed by atoms with van der Waals surface area (Å²) in [5.74, 6) is 1.42. The van der Waals surface area contributed by atoms with Crippen molar-refractivity contribution >= 4 is 0 Å². The normalized spacial score (nSPS) is 10.9. The maximum Gasteiger partial charge on any atom is 0.129 e. The molecule has 0 spiro atoms. The van der Waals surface area contributed by atoms with Gasteiger partial charge in [-0.25, -0.2) is 0 Å². The number of aliphatic hydroxyl groups excluding tert-OH is 1. The van der Waals surface area contributed by atoms with Crippen LogP contribution in [0.15, 0.2) is 53.1 Å². The SMILES string of the molecule is OCc1ccc(CNCc2ccc(-c3ccn[nH]3)cc2)o1. The summed E-state index contributed by atoms with van der Waals surface area (Å²) >= 11 is 0. The average Bonchev–Trinajstić information content (AvgIpc) is 3.19. The van der Waals surface area contributed by atoms with Crippen molar-refractivity contribution < 1.29 is 9.52 Å². The number of nitrogens with one attached hydrogen (secondary N) is 2. The van der Waals surface area contributed by atoms with E-state index in [1.807, 2.05) is 12.1 Å². The lowest BCUT2D eigenvalue weighted by Gasteiger charge is -2.04. The molecule has 0 atom stereocenters. The highest BCUT2D eigenvalue weighted by atomic mass is 16.4. The number of H-pyrrole nitrogens is 1. The number of furan rings is 1. The number of aromatic amines is 1. The molecular weight excluding hydrogens is 266 g/mol. The average molecular weight is 283 g/mol. The number of benzene rings is 1. The molecule has 0 amide bonds. The Morgan fingerprint density at radius 3 is 2.48 bits per heavy atom. The molecule has 0 bridgehead atoms. The van der Waals surface area contributed by atoms with Crippen LogP contribution in [0.1, 0.15) is 17.1 Å². The lowest BCUT2D eigenvalue weighted by Crippen LogP contribution is -2.12. The van der Waals surface area contributed by atoms with Crippen LogP contribution in [0.2, 0.25) is 0 Å². The number of hydrogen-bond acceptors (Lipinski definition) is 4. The van der Waals surface area contributed by atoms with Gasteiger partial charge in [0, 0.05) is 12.7 Å². The summed E-state index contributed by atoms with van der Waals surface area (Å²) in [6.07, 6.45) is 1.74. The minimum absolute atomic E-state index is 0.0605. The Bertz CT molecular complexity index is 672. The molecule has 0 saturated carbocycles. The van der Waals surface area contributed by atoms with Gasteiger partial charge in [0.1, 0.15) is 18.1 Å². The maximum atomic E-state index is 8.94. The molecule has 0 radical (unpaired) electrons. The van der Waals surface area contributed by atoms with Gasteiger partial charge in [0.15, 0.2) is 0 Å². The van der Waals surface area contributed by atoms with E-state index in [2.05, 4.69) is 39.8 Å². The van der Waals surface area contributed by atoms with E-state index in [4.69, 9.17) is 9.52 Å². The number of aromatic nitrogens is 2. The zero-order chi connectivity index (χ0) is 14.5. The Hall–Kier alpha value is -2.37. The largest absolute Gasteiger partial charge is 0.462 e. The Labute approximate surface area is 122 Å². The van der Waals surface area contributed by atoms with Crippen molar-refractivity contribution in [2.24, 2.45) is 0 Å². The van der Waals surface area contributed by atoms with Crippen LogP contribution in [0.25, 0.3) is 11.3 Å². The first-order chi connectivity index (χ1) is 10.3. The van der Waals surface area contributed by atoms with E-state index in [1.165, 1.54) is 5.56 Å². The van der Waals surface area contributed by atoms with Gasteiger partial charge >= 0.3 is 0 Å². The van der Waals surface area contributed by atoms with Crippen molar-refractivity contribution in [2.45, 2.75) is 19.7 Å². The van der Waals surface area contributed by atoms with E-state index in [0.717, 1.165) is 23.6 Å². The van der Waals surface area contributed by atoms with Crippen LogP contribution in [-0.2, 0) is 19.7 Å². The second kappa shape index (κ2) is 6.39. The molecule has 108 valence electrons. The number of hydrogen-bond donors (Lipinski definition) is 3. The van der Waals surface area contributed by atoms with E-state index in [9.17, 15) is 0 Å². The summed E-state index contributed by atoms with van der Waals surface area (Å²) in [6.45, 7) is 1.34. The van der Waals surface area contributed by atoms with Gasteiger partial charge in [-0.3, -0.25) is 5.10 Å². The third-order valence-corrected chi connectivity index (χ3v) is 3.27. The standard InChI is InChI=1S/C16H17N3O2/c20-11-15-6-5-14(21-15)10-17-9-12-1-3-13(4-2-12)16-7-8-18-19-16/h1-8,17,20H,9-11H2,(H,18,19). The molecule has 0 aliphatic rings. The second-order valence-electron chi connectivity index (χ2n) is 4.80. The van der Waals surface area contributed by atoms with Crippen molar-refractivity contribution in [3.05, 3.63) is 65.7 Å². The van der Waals surface area contributed by atoms with Crippen LogP contribution < -0.4 is 5.32 Å². The van der Waals surface area contributed by atoms with Gasteiger partial charge in [0.2, 0.25) is 0 Å². The van der Waals surface area contributed by atoms with Gasteiger partial charge in [-0.15, -0.1) is 0 Å². The first-order valence-corrected chi connectivity index (χ1v) is 6.83. The highest BCUT2D eigenvalue weighted by Crippen LogP contribution is 2.16. The van der Waals surface area contributed by atoms with Crippen molar-refractivity contribution in [3.63, 3.8) is 0 Å². The Morgan fingerprint density at radius 2 is 1.81 bits per heavy atom. The van der Waals surface area contributed by atoms with Crippen molar-refractivity contribution in [3.8, 4) is 11.3 Å². The summed E-state index contributed by atoms with van der Waals surface area (Å²) < 4.78 is 5.42. The van der Waals surface area contributed by atoms with Crippen LogP contribution in [0.4, 0.5) is 0 Å². The predicted molar refractivity (Wildman–Crippen MR) is 79.2 cm³/mol. The monoisotopic (exact) mass is 283 g/mol. The molecular formula is C16H17N3O2. The summed E-state index contributed by atoms with van der Waals surface area (Å²) in [5.41, 5.74) is 3.34. The Balaban J connectivity index is 1.53. The predicted octanol–water partition coefficient (Wildman–Crippen LogP) is 2.45. The number of rotatable bonds is 6. The molecule has 3 N–H and O–H groups in total. The zero-order valence-electron chi connectivity index (χ0n) is 11.5. The molecule has 1 aromatic carbocycles. The van der Waals surface area contributed by atoms with Gasteiger partial charge in [-0.05, 0) is 29.3 Å². The molecule has 21 heavy (non-hydrogen) atoms. The fraction of sp³-hybridized carbons (Fsp3) is 0.188. The highest BCUT2D eigenvalue weighted by Gasteiger charge is 2.02. The van der Waals surface area contributed by atoms with E-state index < -0.39 is 0 Å². The Kier molecular flexibility index (Phi) is 4.14. The second-order valence-corrected chi connectivity index (χ2v) is 4.80. The topological polar surface area (TPSA) is 74.1 Å². The van der Waals surface area contributed by atoms with Crippen LogP contribution in [0.3, 0.4) is 0 Å². The van der Waals surface area contributed by atoms with Crippen LogP contribution >= 0.6 is 0 Å². The molecule has 3 rings (SSSR count). The van der Waals surface area contributed by atoms with Gasteiger partial charge in [0.25, 0.3) is 0 Å². The molecule has 5 nitrogen and oxygen atoms in total. The lowest BCUT2D eigenvalue weighted by molar-refractivity contribution is 0.242. The summed E-state index contributed by atoms with van der Waals surface area (Å²) in [5, 5.41) is 19.1. The number of aliphatic hydroxyl groups is 1. The maximum absolute atomic E-state index is 8.94. The molecule has 2 heterocycles. The van der Waals surface area contributed by atoms with E-state index >= 15 is 0 Å². The molecule has 5 heteroatoms. The van der Waals surface area contributed by atoms with E-state index in [1.54, 1.807) is 12.3 Å². The van der Waals surface area contributed by atoms with Crippen LogP contribution in [0.5, 0.6) is 0 Å². The first-order valence-electron chi connectivity index (χ1n) is 6.83. The van der Waals surface area contributed by atoms with Gasteiger partial charge in [-0.2, -0.15) is 5.10 Å². The van der Waals surface area contributed by atoms with Crippen LogP contribution in [-0.4, -0.2) is 15.3 Å². The minimum atomic E-state index is -0.0605. The quantitative estimate of drug-likeness (QED) is 0.649. The first kappa shape index (κ1) is 13.6. The molecule has 0 aliphatic carbocycles. The van der Waals surface area contributed by atoms with Gasteiger partial charge in [0.05, 0.1) is 12.2 Å². The van der Waals surface area contributed by atoms with Crippen LogP contribution in [0, 0.1) is 0 Å². The van der Waals surface area contributed by atoms with E-state index in [0.29, 0.717) is 12.3 Å². The lowest BCUT2D eigenvalue weighted by atomic mass is 10.1. The minimum Gasteiger partial charge on any atom is -0.462 e. The highest BCUT2D eigenvalue weighted by molar-refractivity contribution is 5.58. The molecule has 0 aliphatic heterocycles. The summed E-state index contributed by atoms with van der Waals surface area (Å²) in [7, 11) is 0. The fourth-order valence-electron chi connectivity index (χ4n) is 2.15. The third kappa shape index (κ3) is 3.39. The summed E-state index contributed by atoms with van der Waals surface area (Å²) in [4.78, 5) is 0. The summed E-state index contributed by atoms with van der Waals surface area (Å²) in [6, 6.07) is 13.9. The third-order valence-electron chi connectivity index (χ3n) is 3.27. The molecule has 0 fully saturated rings. The van der Waals surface area contributed by atoms with Crippen molar-refractivity contribution in [2.75, 3.05) is 0 Å². The smallest absolute Gasteiger partial charge is 0.129 e. The molecule has 0 unspecified atom stereocenters. The fourth-order valence-corrected chi connectivity index (χ4v) is 2.15. The molecule has 0 saturated heterocycles. The van der Waals surface area contributed by atoms with Crippen molar-refractivity contribution in [1.82, 2.24) is 15.5 Å². The van der Waals surface area contributed by atoms with Gasteiger partial charge < -0.3 is 14.8 Å².